The third-order valence-corrected chi connectivity index (χ3v) is 2.30. The molecule has 0 spiro atoms. The number of aliphatic imine (C=N–C) groups is 1. The van der Waals surface area contributed by atoms with Gasteiger partial charge in [-0.2, -0.15) is 13.2 Å². The predicted molar refractivity (Wildman–Crippen MR) is 69.7 cm³/mol. The summed E-state index contributed by atoms with van der Waals surface area (Å²) in [6.07, 6.45) is -4.54. The normalized spacial score (nSPS) is 12.3. The van der Waals surface area contributed by atoms with Crippen molar-refractivity contribution in [2.24, 2.45) is 4.99 Å². The molecule has 0 saturated heterocycles. The average Bonchev–Trinajstić information content (AvgIpc) is 2.39. The van der Waals surface area contributed by atoms with Gasteiger partial charge in [-0.1, -0.05) is 36.4 Å². The van der Waals surface area contributed by atoms with Gasteiger partial charge in [-0.25, -0.2) is 4.99 Å². The van der Waals surface area contributed by atoms with E-state index in [4.69, 9.17) is 0 Å². The van der Waals surface area contributed by atoms with Crippen molar-refractivity contribution in [2.45, 2.75) is 6.18 Å². The number of hydrogen-bond acceptors (Lipinski definition) is 1. The topological polar surface area (TPSA) is 24.4 Å². The first-order valence-corrected chi connectivity index (χ1v) is 5.59. The Labute approximate surface area is 108 Å². The van der Waals surface area contributed by atoms with E-state index in [1.807, 2.05) is 0 Å². The highest BCUT2D eigenvalue weighted by Gasteiger charge is 2.36. The lowest BCUT2D eigenvalue weighted by Crippen LogP contribution is -2.30. The number of alkyl halides is 3. The first kappa shape index (κ1) is 13.1. The molecule has 2 nitrogen and oxygen atoms in total. The molecule has 2 rings (SSSR count). The Kier molecular flexibility index (Phi) is 3.85. The van der Waals surface area contributed by atoms with Gasteiger partial charge in [0.15, 0.2) is 0 Å². The number of nitrogens with zero attached hydrogens (tertiary/aromatic N) is 1. The first-order valence-electron chi connectivity index (χ1n) is 5.59. The van der Waals surface area contributed by atoms with E-state index in [-0.39, 0.29) is 5.69 Å². The van der Waals surface area contributed by atoms with Crippen LogP contribution in [0.15, 0.2) is 65.7 Å². The summed E-state index contributed by atoms with van der Waals surface area (Å²) in [6, 6.07) is 16.1. The lowest BCUT2D eigenvalue weighted by Gasteiger charge is -2.13. The van der Waals surface area contributed by atoms with Crippen LogP contribution in [-0.4, -0.2) is 12.0 Å². The summed E-state index contributed by atoms with van der Waals surface area (Å²) in [5, 5.41) is 2.29. The molecule has 0 fully saturated rings. The highest BCUT2D eigenvalue weighted by Crippen LogP contribution is 2.22. The molecule has 2 aromatic carbocycles. The monoisotopic (exact) mass is 264 g/mol. The first-order chi connectivity index (χ1) is 9.05. The van der Waals surface area contributed by atoms with Gasteiger partial charge < -0.3 is 5.32 Å². The number of rotatable bonds is 2. The molecule has 0 aliphatic rings. The van der Waals surface area contributed by atoms with Crippen molar-refractivity contribution in [1.82, 2.24) is 0 Å². The Balaban J connectivity index is 2.30. The summed E-state index contributed by atoms with van der Waals surface area (Å²) in [4.78, 5) is 3.61. The zero-order valence-electron chi connectivity index (χ0n) is 9.85. The van der Waals surface area contributed by atoms with E-state index in [9.17, 15) is 13.2 Å². The van der Waals surface area contributed by atoms with Gasteiger partial charge in [0.1, 0.15) is 0 Å². The van der Waals surface area contributed by atoms with Crippen LogP contribution in [-0.2, 0) is 0 Å². The van der Waals surface area contributed by atoms with E-state index >= 15 is 0 Å². The molecule has 0 heterocycles. The molecule has 0 amide bonds. The van der Waals surface area contributed by atoms with Gasteiger partial charge >= 0.3 is 6.18 Å². The fraction of sp³-hybridized carbons (Fsp3) is 0.0714. The summed E-state index contributed by atoms with van der Waals surface area (Å²) >= 11 is 0. The second-order valence-corrected chi connectivity index (χ2v) is 3.78. The van der Waals surface area contributed by atoms with Crippen LogP contribution in [0.2, 0.25) is 0 Å². The van der Waals surface area contributed by atoms with Crippen molar-refractivity contribution in [2.75, 3.05) is 5.32 Å². The largest absolute Gasteiger partial charge is 0.449 e. The summed E-state index contributed by atoms with van der Waals surface area (Å²) in [5.74, 6) is -1.04. The quantitative estimate of drug-likeness (QED) is 0.631. The van der Waals surface area contributed by atoms with Crippen molar-refractivity contribution in [3.63, 3.8) is 0 Å². The molecular weight excluding hydrogens is 253 g/mol. The Morgan fingerprint density at radius 2 is 1.37 bits per heavy atom. The molecule has 0 radical (unpaired) electrons. The third-order valence-electron chi connectivity index (χ3n) is 2.30. The fourth-order valence-electron chi connectivity index (χ4n) is 1.45. The van der Waals surface area contributed by atoms with E-state index < -0.39 is 12.0 Å². The van der Waals surface area contributed by atoms with Gasteiger partial charge in [0.05, 0.1) is 5.69 Å². The standard InChI is InChI=1S/C14H11F3N2/c15-14(16,17)13(18-11-7-3-1-4-8-11)19-12-9-5-2-6-10-12/h1-10H,(H,18,19). The van der Waals surface area contributed by atoms with Gasteiger partial charge in [-0.3, -0.25) is 0 Å². The van der Waals surface area contributed by atoms with E-state index in [2.05, 4.69) is 10.3 Å². The number of amidine groups is 1. The summed E-state index contributed by atoms with van der Waals surface area (Å²) in [7, 11) is 0. The van der Waals surface area contributed by atoms with E-state index in [1.54, 1.807) is 48.5 Å². The van der Waals surface area contributed by atoms with E-state index in [0.29, 0.717) is 5.69 Å². The second-order valence-electron chi connectivity index (χ2n) is 3.78. The van der Waals surface area contributed by atoms with Crippen LogP contribution < -0.4 is 5.32 Å². The SMILES string of the molecule is FC(F)(F)C(=Nc1ccccc1)Nc1ccccc1. The lowest BCUT2D eigenvalue weighted by atomic mass is 10.3. The molecule has 98 valence electrons. The van der Waals surface area contributed by atoms with Crippen LogP contribution >= 0.6 is 0 Å². The molecule has 2 aromatic rings. The van der Waals surface area contributed by atoms with Crippen LogP contribution in [0.4, 0.5) is 24.5 Å². The number of hydrogen-bond donors (Lipinski definition) is 1. The van der Waals surface area contributed by atoms with Gasteiger partial charge in [-0.15, -0.1) is 0 Å². The number of nitrogens with one attached hydrogen (secondary N) is 1. The molecule has 19 heavy (non-hydrogen) atoms. The Hall–Kier alpha value is -2.30. The Bertz CT molecular complexity index is 548. The molecule has 0 saturated carbocycles. The number of benzene rings is 2. The lowest BCUT2D eigenvalue weighted by molar-refractivity contribution is -0.0586. The van der Waals surface area contributed by atoms with Crippen LogP contribution in [0.25, 0.3) is 0 Å². The highest BCUT2D eigenvalue weighted by molar-refractivity contribution is 6.00. The number of anilines is 1. The molecule has 0 atom stereocenters. The molecular formula is C14H11F3N2. The molecule has 5 heteroatoms. The van der Waals surface area contributed by atoms with Crippen LogP contribution in [0.1, 0.15) is 0 Å². The number of para-hydroxylation sites is 2. The average molecular weight is 264 g/mol. The minimum atomic E-state index is -4.54. The fourth-order valence-corrected chi connectivity index (χ4v) is 1.45. The minimum absolute atomic E-state index is 0.248. The minimum Gasteiger partial charge on any atom is -0.336 e. The number of halogens is 3. The maximum Gasteiger partial charge on any atom is 0.449 e. The summed E-state index contributed by atoms with van der Waals surface area (Å²) in [6.45, 7) is 0. The molecule has 0 aliphatic carbocycles. The maximum absolute atomic E-state index is 12.9. The van der Waals surface area contributed by atoms with Gasteiger partial charge in [-0.05, 0) is 24.3 Å². The zero-order chi connectivity index (χ0) is 13.7. The Morgan fingerprint density at radius 3 is 1.89 bits per heavy atom. The Morgan fingerprint density at radius 1 is 0.842 bits per heavy atom. The molecule has 0 aromatic heterocycles. The molecule has 1 N–H and O–H groups in total. The van der Waals surface area contributed by atoms with Gasteiger partial charge in [0.2, 0.25) is 5.84 Å². The highest BCUT2D eigenvalue weighted by atomic mass is 19.4. The van der Waals surface area contributed by atoms with Crippen molar-refractivity contribution in [3.05, 3.63) is 60.7 Å². The van der Waals surface area contributed by atoms with Crippen molar-refractivity contribution in [1.29, 1.82) is 0 Å². The predicted octanol–water partition coefficient (Wildman–Crippen LogP) is 4.39. The van der Waals surface area contributed by atoms with Crippen LogP contribution in [0.3, 0.4) is 0 Å². The van der Waals surface area contributed by atoms with E-state index in [0.717, 1.165) is 0 Å². The second kappa shape index (κ2) is 5.56. The van der Waals surface area contributed by atoms with Crippen LogP contribution in [0, 0.1) is 0 Å². The smallest absolute Gasteiger partial charge is 0.336 e. The van der Waals surface area contributed by atoms with Crippen molar-refractivity contribution < 1.29 is 13.2 Å². The van der Waals surface area contributed by atoms with E-state index in [1.165, 1.54) is 12.1 Å². The van der Waals surface area contributed by atoms with Crippen molar-refractivity contribution in [3.8, 4) is 0 Å². The molecule has 0 unspecified atom stereocenters. The van der Waals surface area contributed by atoms with Gasteiger partial charge in [0.25, 0.3) is 0 Å². The van der Waals surface area contributed by atoms with Gasteiger partial charge in [0, 0.05) is 5.69 Å². The zero-order valence-corrected chi connectivity index (χ0v) is 9.85. The summed E-state index contributed by atoms with van der Waals surface area (Å²) in [5.41, 5.74) is 0.591. The molecule has 0 bridgehead atoms. The maximum atomic E-state index is 12.9. The molecule has 0 aliphatic heterocycles. The van der Waals surface area contributed by atoms with Crippen molar-refractivity contribution >= 4 is 17.2 Å². The third kappa shape index (κ3) is 3.84. The van der Waals surface area contributed by atoms with Crippen LogP contribution in [0.5, 0.6) is 0 Å². The summed E-state index contributed by atoms with van der Waals surface area (Å²) < 4.78 is 38.7.